The van der Waals surface area contributed by atoms with Gasteiger partial charge < -0.3 is 85.6 Å². The van der Waals surface area contributed by atoms with Crippen LogP contribution in [0.25, 0.3) is 87.2 Å². The van der Waals surface area contributed by atoms with Crippen LogP contribution in [0.3, 0.4) is 0 Å². The number of benzene rings is 8. The van der Waals surface area contributed by atoms with Crippen LogP contribution in [0, 0.1) is 0 Å². The molecule has 12 aromatic rings. The van der Waals surface area contributed by atoms with Crippen LogP contribution in [-0.4, -0.2) is 110 Å². The molecule has 11 heterocycles. The van der Waals surface area contributed by atoms with Crippen LogP contribution in [0.15, 0.2) is 146 Å². The second-order valence-electron chi connectivity index (χ2n) is 26.7. The van der Waals surface area contributed by atoms with Gasteiger partial charge >= 0.3 is 7.60 Å². The van der Waals surface area contributed by atoms with Crippen LogP contribution in [0.1, 0.15) is 121 Å². The summed E-state index contributed by atoms with van der Waals surface area (Å²) in [5, 5.41) is 36.4. The minimum Gasteiger partial charge on any atom is -0.484 e. The standard InChI is InChI=1S/C38H36N3O8P.C26H21N3O4.C12H18O4P2/c1-4-46-50(43,47-5-2)21-45-23-16-14-22(15-17-23)36-44-20-38(49-36)18-29-40-27-12-8-6-10-24(27)31-32-26(19-39-35(32)42)30-25-11-7-9-13-28(25)41(34(30)33(31)40)37(38,3)48-29;1-25-26(32,12-30)10-18(33-25)28-16-8-4-2-6-13(16)20-21-15(11-27-24(21)31)19-14-7-3-5-9-17(14)29(25)23(19)22(20)28;1-3-15-18(17,16-4-2)10-14-12-7-5-11(9-13)6-8-12/h6-17,29,36H,4-5,18-21H2,1-3H3,(H,39,42);2-9,18,30,32H,10-12H2,1H3,(H,27,31);5-9,17H,3-4,10H2,1-2H3/t29-,36?,37+,38+;18-,25+,26+;/m11./s1. The summed E-state index contributed by atoms with van der Waals surface area (Å²) in [5.74, 6) is 1.12. The summed E-state index contributed by atoms with van der Waals surface area (Å²) in [6.45, 7) is 13.8. The van der Waals surface area contributed by atoms with E-state index >= 15 is 0 Å². The van der Waals surface area contributed by atoms with Crippen molar-refractivity contribution in [3.8, 4) is 11.5 Å². The van der Waals surface area contributed by atoms with Crippen molar-refractivity contribution in [3.63, 3.8) is 0 Å². The van der Waals surface area contributed by atoms with Gasteiger partial charge in [-0.15, -0.1) is 0 Å². The number of nitrogens with one attached hydrogen (secondary N) is 2. The largest absolute Gasteiger partial charge is 0.484 e. The second-order valence-corrected chi connectivity index (χ2v) is 32.8. The molecule has 25 heteroatoms. The monoisotopic (exact) mass is 1420 g/mol. The predicted octanol–water partition coefficient (Wildman–Crippen LogP) is 15.1. The van der Waals surface area contributed by atoms with Crippen molar-refractivity contribution >= 4 is 128 Å². The molecule has 22 nitrogen and oxygen atoms in total. The van der Waals surface area contributed by atoms with Gasteiger partial charge in [-0.05, 0) is 113 Å². The average Bonchev–Trinajstić information content (AvgIpc) is 1.50. The Kier molecular flexibility index (Phi) is 16.0. The topological polar surface area (TPSA) is 245 Å². The first-order valence-electron chi connectivity index (χ1n) is 34.2. The van der Waals surface area contributed by atoms with E-state index in [4.69, 9.17) is 46.5 Å². The highest BCUT2D eigenvalue weighted by molar-refractivity contribution is 7.92. The Labute approximate surface area is 581 Å². The van der Waals surface area contributed by atoms with Crippen molar-refractivity contribution in [1.82, 2.24) is 28.9 Å². The van der Waals surface area contributed by atoms with Crippen molar-refractivity contribution in [2.45, 2.75) is 109 Å². The van der Waals surface area contributed by atoms with Crippen LogP contribution in [0.2, 0.25) is 0 Å². The van der Waals surface area contributed by atoms with E-state index in [9.17, 15) is 29.2 Å². The van der Waals surface area contributed by atoms with Crippen molar-refractivity contribution in [3.05, 3.63) is 179 Å². The minimum absolute atomic E-state index is 0.0379. The number of aliphatic hydroxyl groups is 2. The van der Waals surface area contributed by atoms with E-state index in [2.05, 4.69) is 86.8 Å². The Morgan fingerprint density at radius 3 is 1.50 bits per heavy atom. The Morgan fingerprint density at radius 1 is 0.564 bits per heavy atom. The van der Waals surface area contributed by atoms with Gasteiger partial charge in [-0.1, -0.05) is 93.5 Å². The van der Waals surface area contributed by atoms with Crippen LogP contribution >= 0.6 is 23.1 Å². The summed E-state index contributed by atoms with van der Waals surface area (Å²) in [7, 11) is -1.96. The molecule has 520 valence electrons. The van der Waals surface area contributed by atoms with Gasteiger partial charge in [-0.3, -0.25) is 18.9 Å². The fourth-order valence-corrected chi connectivity index (χ4v) is 20.6. The fourth-order valence-electron chi connectivity index (χ4n) is 16.9. The maximum absolute atomic E-state index is 13.5. The van der Waals surface area contributed by atoms with E-state index in [0.717, 1.165) is 121 Å². The Hall–Kier alpha value is -8.27. The molecule has 1 spiro atoms. The number of para-hydroxylation sites is 4. The highest BCUT2D eigenvalue weighted by Crippen LogP contribution is 2.63. The third-order valence-electron chi connectivity index (χ3n) is 21.3. The molecule has 4 aromatic heterocycles. The van der Waals surface area contributed by atoms with E-state index in [1.807, 2.05) is 99.6 Å². The number of aromatic nitrogens is 4. The number of fused-ring (bicyclic) bond motifs is 27. The number of ether oxygens (including phenoxy) is 6. The molecular formula is C76H75N6O16P3. The average molecular weight is 1420 g/mol. The number of hydrogen-bond donors (Lipinski definition) is 4. The third-order valence-corrected chi connectivity index (χ3v) is 26.0. The quantitative estimate of drug-likeness (QED) is 0.0489. The van der Waals surface area contributed by atoms with E-state index < -0.39 is 56.4 Å². The van der Waals surface area contributed by atoms with E-state index in [1.54, 1.807) is 38.1 Å². The van der Waals surface area contributed by atoms with Crippen molar-refractivity contribution in [2.75, 3.05) is 52.3 Å². The van der Waals surface area contributed by atoms with Crippen LogP contribution < -0.4 is 20.1 Å². The zero-order valence-electron chi connectivity index (χ0n) is 56.4. The third kappa shape index (κ3) is 9.71. The number of aldehydes is 1. The van der Waals surface area contributed by atoms with Gasteiger partial charge in [0, 0.05) is 80.1 Å². The van der Waals surface area contributed by atoms with Gasteiger partial charge in [0.1, 0.15) is 41.4 Å². The molecule has 1 unspecified atom stereocenters. The lowest BCUT2D eigenvalue weighted by molar-refractivity contribution is -0.194. The molecule has 101 heavy (non-hydrogen) atoms. The molecule has 7 atom stereocenters. The number of carbonyl (C=O) groups excluding carboxylic acids is 3. The molecule has 0 saturated carbocycles. The molecule has 19 rings (SSSR count). The smallest absolute Gasteiger partial charge is 0.367 e. The van der Waals surface area contributed by atoms with Crippen molar-refractivity contribution < 1.29 is 75.7 Å². The summed E-state index contributed by atoms with van der Waals surface area (Å²) < 4.78 is 82.5. The zero-order chi connectivity index (χ0) is 69.7. The van der Waals surface area contributed by atoms with Crippen molar-refractivity contribution in [2.24, 2.45) is 0 Å². The predicted molar refractivity (Wildman–Crippen MR) is 387 cm³/mol. The highest BCUT2D eigenvalue weighted by atomic mass is 31.8. The first kappa shape index (κ1) is 66.0. The second kappa shape index (κ2) is 24.5. The molecule has 3 saturated heterocycles. The number of hydrogen-bond acceptors (Lipinski definition) is 16. The lowest BCUT2D eigenvalue weighted by atomic mass is 9.89. The van der Waals surface area contributed by atoms with Gasteiger partial charge in [0.15, 0.2) is 37.4 Å². The summed E-state index contributed by atoms with van der Waals surface area (Å²) in [6.07, 6.45) is 0.205. The van der Waals surface area contributed by atoms with Gasteiger partial charge in [0.05, 0.1) is 94.9 Å². The van der Waals surface area contributed by atoms with Gasteiger partial charge in [-0.25, -0.2) is 0 Å². The lowest BCUT2D eigenvalue weighted by Gasteiger charge is -2.39. The summed E-state index contributed by atoms with van der Waals surface area (Å²) in [6, 6.07) is 47.1. The summed E-state index contributed by atoms with van der Waals surface area (Å²) in [5.41, 5.74) is 8.31. The fraction of sp³-hybridized carbons (Fsp3) is 0.329. The number of amides is 2. The Morgan fingerprint density at radius 2 is 1.01 bits per heavy atom. The maximum Gasteiger partial charge on any atom is 0.367 e. The van der Waals surface area contributed by atoms with Crippen molar-refractivity contribution in [1.29, 1.82) is 0 Å². The molecule has 7 aliphatic heterocycles. The first-order valence-corrected chi connectivity index (χ1v) is 39.1. The molecule has 0 radical (unpaired) electrons. The molecule has 7 aliphatic rings. The number of rotatable bonds is 17. The molecule has 2 amide bonds. The van der Waals surface area contributed by atoms with Gasteiger partial charge in [-0.2, -0.15) is 0 Å². The minimum atomic E-state index is -3.36. The molecule has 3 fully saturated rings. The molecule has 4 bridgehead atoms. The zero-order valence-corrected chi connectivity index (χ0v) is 59.2. The first-order chi connectivity index (χ1) is 48.9. The van der Waals surface area contributed by atoms with E-state index in [0.29, 0.717) is 62.7 Å². The van der Waals surface area contributed by atoms with Gasteiger partial charge in [0.2, 0.25) is 0 Å². The van der Waals surface area contributed by atoms with Crippen LogP contribution in [-0.2, 0) is 66.1 Å². The summed E-state index contributed by atoms with van der Waals surface area (Å²) >= 11 is 0. The molecule has 8 aromatic carbocycles. The SMILES string of the molecule is CCOP(=O)(COc1ccc(C2OC[C@]3(C[C@H]4O[C@]3(C)n3c5ccccc5c5c6c(c7c8ccccc8n4c7c53)C(=O)NC6)O2)cc1)OCC.CCOP(=P)(COc1ccc(C=O)cc1)OCC.C[C@]12O[C@H](C[C@]1(O)CO)n1c3ccccc3c3c4c(c5c6ccccc6n2c5c31)CNC4=O. The van der Waals surface area contributed by atoms with Crippen LogP contribution in [0.5, 0.6) is 11.5 Å². The van der Waals surface area contributed by atoms with E-state index in [-0.39, 0.29) is 44.0 Å². The lowest BCUT2D eigenvalue weighted by Crippen LogP contribution is -2.53. The van der Waals surface area contributed by atoms with E-state index in [1.165, 1.54) is 0 Å². The number of carbonyl (C=O) groups is 3. The molecular weight excluding hydrogens is 1350 g/mol. The Bertz CT molecular complexity index is 5540. The highest BCUT2D eigenvalue weighted by Gasteiger charge is 2.66. The summed E-state index contributed by atoms with van der Waals surface area (Å²) in [4.78, 5) is 37.2. The normalized spacial score (nSPS) is 23.7. The maximum atomic E-state index is 13.5. The number of aliphatic hydroxyl groups excluding tert-OH is 1. The van der Waals surface area contributed by atoms with Crippen LogP contribution in [0.4, 0.5) is 0 Å². The molecule has 4 N–H and O–H groups in total. The Balaban J connectivity index is 0.000000128. The molecule has 0 aliphatic carbocycles. The number of nitrogens with zero attached hydrogens (tertiary/aromatic N) is 4. The van der Waals surface area contributed by atoms with Gasteiger partial charge in [0.25, 0.3) is 11.8 Å².